The number of anilines is 1. The average molecular weight is 342 g/mol. The summed E-state index contributed by atoms with van der Waals surface area (Å²) in [5.41, 5.74) is 0.847. The normalized spacial score (nSPS) is 13.9. The van der Waals surface area contributed by atoms with E-state index in [0.29, 0.717) is 21.9 Å². The highest BCUT2D eigenvalue weighted by atomic mass is 32.2. The summed E-state index contributed by atoms with van der Waals surface area (Å²) >= 11 is 2.74. The van der Waals surface area contributed by atoms with E-state index in [2.05, 4.69) is 9.71 Å². The van der Waals surface area contributed by atoms with Gasteiger partial charge in [0.1, 0.15) is 5.75 Å². The molecule has 0 aliphatic carbocycles. The molecule has 0 amide bonds. The lowest BCUT2D eigenvalue weighted by atomic mass is 10.1. The number of aromatic nitrogens is 1. The number of rotatable bonds is 4. The van der Waals surface area contributed by atoms with E-state index in [4.69, 9.17) is 4.74 Å². The largest absolute Gasteiger partial charge is 0.485 e. The van der Waals surface area contributed by atoms with Crippen molar-refractivity contribution < 1.29 is 17.9 Å². The zero-order valence-electron chi connectivity index (χ0n) is 10.8. The second-order valence-electron chi connectivity index (χ2n) is 4.33. The zero-order valence-corrected chi connectivity index (χ0v) is 13.3. The quantitative estimate of drug-likeness (QED) is 0.917. The number of carbonyl (C=O) groups is 1. The second kappa shape index (κ2) is 5.32. The van der Waals surface area contributed by atoms with Gasteiger partial charge in [-0.1, -0.05) is 11.8 Å². The van der Waals surface area contributed by atoms with Gasteiger partial charge in [-0.3, -0.25) is 9.52 Å². The molecule has 6 nitrogen and oxygen atoms in total. The van der Waals surface area contributed by atoms with E-state index >= 15 is 0 Å². The van der Waals surface area contributed by atoms with Crippen LogP contribution in [0.3, 0.4) is 0 Å². The van der Waals surface area contributed by atoms with Gasteiger partial charge >= 0.3 is 0 Å². The van der Waals surface area contributed by atoms with Crippen molar-refractivity contribution >= 4 is 44.6 Å². The van der Waals surface area contributed by atoms with Crippen LogP contribution in [0.2, 0.25) is 0 Å². The Morgan fingerprint density at radius 2 is 2.24 bits per heavy atom. The molecule has 1 N–H and O–H groups in total. The number of nitrogens with zero attached hydrogens (tertiary/aromatic N) is 1. The molecule has 0 bridgehead atoms. The van der Waals surface area contributed by atoms with Crippen molar-refractivity contribution in [1.82, 2.24) is 4.98 Å². The molecule has 0 saturated carbocycles. The molecule has 21 heavy (non-hydrogen) atoms. The number of carbonyl (C=O) groups excluding carboxylic acids is 1. The predicted octanol–water partition coefficient (Wildman–Crippen LogP) is 2.24. The minimum absolute atomic E-state index is 0.0149. The number of nitrogens with one attached hydrogen (secondary N) is 1. The summed E-state index contributed by atoms with van der Waals surface area (Å²) in [5, 5.41) is 1.83. The first-order valence-electron chi connectivity index (χ1n) is 5.81. The standard InChI is InChI=1S/C12H10N2O4S3/c1-21(16,17)14-8-5-10-7(9(15)6-18-10)4-11(8)20-12-13-2-3-19-12/h2-5,14H,6H2,1H3. The number of hydrogen-bond acceptors (Lipinski definition) is 7. The molecule has 0 atom stereocenters. The maximum Gasteiger partial charge on any atom is 0.229 e. The van der Waals surface area contributed by atoms with E-state index in [9.17, 15) is 13.2 Å². The van der Waals surface area contributed by atoms with Gasteiger partial charge in [0, 0.05) is 22.5 Å². The van der Waals surface area contributed by atoms with Gasteiger partial charge in [0.05, 0.1) is 17.5 Å². The Hall–Kier alpha value is -1.58. The van der Waals surface area contributed by atoms with Crippen molar-refractivity contribution in [2.45, 2.75) is 9.24 Å². The monoisotopic (exact) mass is 342 g/mol. The third-order valence-electron chi connectivity index (χ3n) is 2.64. The molecule has 0 spiro atoms. The first-order valence-corrected chi connectivity index (χ1v) is 9.40. The molecule has 3 rings (SSSR count). The van der Waals surface area contributed by atoms with E-state index in [1.807, 2.05) is 5.38 Å². The van der Waals surface area contributed by atoms with Gasteiger partial charge in [-0.2, -0.15) is 0 Å². The lowest BCUT2D eigenvalue weighted by Gasteiger charge is -2.11. The Labute approximate surface area is 129 Å². The molecule has 0 radical (unpaired) electrons. The van der Waals surface area contributed by atoms with Crippen molar-refractivity contribution in [3.63, 3.8) is 0 Å². The number of hydrogen-bond donors (Lipinski definition) is 1. The number of sulfonamides is 1. The lowest BCUT2D eigenvalue weighted by Crippen LogP contribution is -2.10. The summed E-state index contributed by atoms with van der Waals surface area (Å²) in [7, 11) is -3.43. The van der Waals surface area contributed by atoms with Crippen LogP contribution in [0.4, 0.5) is 5.69 Å². The van der Waals surface area contributed by atoms with Crippen molar-refractivity contribution in [3.05, 3.63) is 29.3 Å². The van der Waals surface area contributed by atoms with Crippen LogP contribution >= 0.6 is 23.1 Å². The number of thiazole rings is 1. The van der Waals surface area contributed by atoms with Crippen molar-refractivity contribution in [1.29, 1.82) is 0 Å². The third-order valence-corrected chi connectivity index (χ3v) is 5.18. The highest BCUT2D eigenvalue weighted by Crippen LogP contribution is 2.40. The van der Waals surface area contributed by atoms with Gasteiger partial charge in [-0.15, -0.1) is 11.3 Å². The fraction of sp³-hybridized carbons (Fsp3) is 0.167. The lowest BCUT2D eigenvalue weighted by molar-refractivity contribution is 0.0961. The predicted molar refractivity (Wildman–Crippen MR) is 81.0 cm³/mol. The minimum Gasteiger partial charge on any atom is -0.485 e. The molecule has 2 aromatic rings. The molecule has 0 saturated heterocycles. The maximum atomic E-state index is 11.7. The Morgan fingerprint density at radius 3 is 2.90 bits per heavy atom. The molecule has 1 aromatic carbocycles. The average Bonchev–Trinajstić information content (AvgIpc) is 3.00. The van der Waals surface area contributed by atoms with Crippen LogP contribution in [0.25, 0.3) is 0 Å². The van der Waals surface area contributed by atoms with Crippen LogP contribution in [0.5, 0.6) is 5.75 Å². The SMILES string of the molecule is CS(=O)(=O)Nc1cc2c(cc1Sc1nccs1)C(=O)CO2. The van der Waals surface area contributed by atoms with E-state index in [1.165, 1.54) is 29.2 Å². The highest BCUT2D eigenvalue weighted by Gasteiger charge is 2.24. The number of fused-ring (bicyclic) bond motifs is 1. The topological polar surface area (TPSA) is 85.4 Å². The first-order chi connectivity index (χ1) is 9.92. The molecule has 1 aromatic heterocycles. The molecule has 0 unspecified atom stereocenters. The zero-order chi connectivity index (χ0) is 15.0. The summed E-state index contributed by atoms with van der Waals surface area (Å²) in [5.74, 6) is 0.284. The Kier molecular flexibility index (Phi) is 3.64. The number of Topliss-reactive ketones (excluding diaryl/α,β-unsaturated/α-hetero) is 1. The van der Waals surface area contributed by atoms with Crippen molar-refractivity contribution in [2.75, 3.05) is 17.6 Å². The number of benzene rings is 1. The highest BCUT2D eigenvalue weighted by molar-refractivity contribution is 8.01. The van der Waals surface area contributed by atoms with Gasteiger partial charge in [-0.25, -0.2) is 13.4 Å². The maximum absolute atomic E-state index is 11.7. The van der Waals surface area contributed by atoms with Crippen LogP contribution in [-0.2, 0) is 10.0 Å². The van der Waals surface area contributed by atoms with Gasteiger partial charge < -0.3 is 4.74 Å². The molecular weight excluding hydrogens is 332 g/mol. The van der Waals surface area contributed by atoms with Crippen LogP contribution in [0.15, 0.2) is 32.9 Å². The fourth-order valence-corrected chi connectivity index (χ4v) is 4.16. The molecule has 1 aliphatic heterocycles. The Morgan fingerprint density at radius 1 is 1.43 bits per heavy atom. The minimum atomic E-state index is -3.43. The van der Waals surface area contributed by atoms with E-state index in [-0.39, 0.29) is 12.4 Å². The molecule has 9 heteroatoms. The molecule has 0 fully saturated rings. The molecule has 2 heterocycles. The Bertz CT molecular complexity index is 800. The molecule has 1 aliphatic rings. The van der Waals surface area contributed by atoms with Gasteiger partial charge in [-0.05, 0) is 6.07 Å². The van der Waals surface area contributed by atoms with Crippen molar-refractivity contribution in [3.8, 4) is 5.75 Å². The Balaban J connectivity index is 2.06. The smallest absolute Gasteiger partial charge is 0.229 e. The van der Waals surface area contributed by atoms with Crippen molar-refractivity contribution in [2.24, 2.45) is 0 Å². The van der Waals surface area contributed by atoms with Gasteiger partial charge in [0.2, 0.25) is 15.8 Å². The van der Waals surface area contributed by atoms with Crippen LogP contribution < -0.4 is 9.46 Å². The summed E-state index contributed by atoms with van der Waals surface area (Å²) in [6, 6.07) is 3.18. The molecule has 110 valence electrons. The summed E-state index contributed by atoms with van der Waals surface area (Å²) in [4.78, 5) is 16.5. The van der Waals surface area contributed by atoms with E-state index in [1.54, 1.807) is 12.3 Å². The van der Waals surface area contributed by atoms with Gasteiger partial charge in [0.15, 0.2) is 10.9 Å². The van der Waals surface area contributed by atoms with Crippen LogP contribution in [0, 0.1) is 0 Å². The summed E-state index contributed by atoms with van der Waals surface area (Å²) in [6.45, 7) is -0.0149. The summed E-state index contributed by atoms with van der Waals surface area (Å²) in [6.07, 6.45) is 2.74. The number of ether oxygens (including phenoxy) is 1. The van der Waals surface area contributed by atoms with E-state index in [0.717, 1.165) is 10.6 Å². The first kappa shape index (κ1) is 14.4. The number of ketones is 1. The van der Waals surface area contributed by atoms with E-state index < -0.39 is 10.0 Å². The third kappa shape index (κ3) is 3.20. The molecular formula is C12H10N2O4S3. The summed E-state index contributed by atoms with van der Waals surface area (Å²) < 4.78 is 31.4. The second-order valence-corrected chi connectivity index (χ2v) is 8.26. The van der Waals surface area contributed by atoms with Crippen LogP contribution in [0.1, 0.15) is 10.4 Å². The fourth-order valence-electron chi connectivity index (χ4n) is 1.84. The van der Waals surface area contributed by atoms with Crippen LogP contribution in [-0.4, -0.2) is 32.0 Å². The van der Waals surface area contributed by atoms with Gasteiger partial charge in [0.25, 0.3) is 0 Å².